The molecule has 0 amide bonds. The Balaban J connectivity index is 2.05. The molecule has 0 atom stereocenters. The highest BCUT2D eigenvalue weighted by Crippen LogP contribution is 2.23. The summed E-state index contributed by atoms with van der Waals surface area (Å²) < 4.78 is 1.95. The maximum Gasteiger partial charge on any atom is 0.160 e. The second kappa shape index (κ2) is 5.07. The van der Waals surface area contributed by atoms with E-state index < -0.39 is 0 Å². The summed E-state index contributed by atoms with van der Waals surface area (Å²) >= 11 is 6.50. The summed E-state index contributed by atoms with van der Waals surface area (Å²) in [5.74, 6) is 0.789. The van der Waals surface area contributed by atoms with Crippen molar-refractivity contribution in [2.24, 2.45) is 0 Å². The first-order chi connectivity index (χ1) is 9.28. The van der Waals surface area contributed by atoms with E-state index in [1.54, 1.807) is 11.3 Å². The molecule has 0 bridgehead atoms. The molecule has 0 radical (unpaired) electrons. The van der Waals surface area contributed by atoms with Gasteiger partial charge in [0.2, 0.25) is 0 Å². The van der Waals surface area contributed by atoms with Crippen LogP contribution in [0.1, 0.15) is 10.7 Å². The van der Waals surface area contributed by atoms with E-state index in [9.17, 15) is 0 Å². The van der Waals surface area contributed by atoms with Crippen molar-refractivity contribution in [3.8, 4) is 0 Å². The topological polar surface area (TPSA) is 42.7 Å². The smallest absolute Gasteiger partial charge is 0.160 e. The summed E-state index contributed by atoms with van der Waals surface area (Å²) in [5.41, 5.74) is 3.59. The molecule has 6 heteroatoms. The molecule has 96 valence electrons. The number of nitrogens with one attached hydrogen (secondary N) is 1. The molecule has 0 aliphatic rings. The number of fused-ring (bicyclic) bond motifs is 1. The average Bonchev–Trinajstić information content (AvgIpc) is 2.97. The number of hydrogen-bond acceptors (Lipinski definition) is 4. The Hall–Kier alpha value is -1.79. The van der Waals surface area contributed by atoms with Crippen LogP contribution in [-0.4, -0.2) is 20.3 Å². The van der Waals surface area contributed by atoms with E-state index in [2.05, 4.69) is 26.8 Å². The van der Waals surface area contributed by atoms with E-state index in [-0.39, 0.29) is 0 Å². The molecule has 3 rings (SSSR count). The number of para-hydroxylation sites is 1. The molecule has 2 aromatic heterocycles. The number of nitrogens with zero attached hydrogens (tertiary/aromatic N) is 3. The molecule has 3 aromatic rings. The molecule has 0 fully saturated rings. The van der Waals surface area contributed by atoms with Gasteiger partial charge < -0.3 is 5.32 Å². The average molecular weight is 288 g/mol. The van der Waals surface area contributed by atoms with E-state index in [0.717, 1.165) is 27.4 Å². The summed E-state index contributed by atoms with van der Waals surface area (Å²) in [6.07, 6.45) is 0. The number of thiocarbonyl (C=S) groups is 1. The lowest BCUT2D eigenvalue weighted by molar-refractivity contribution is 0.702. The van der Waals surface area contributed by atoms with Gasteiger partial charge in [0, 0.05) is 10.8 Å². The van der Waals surface area contributed by atoms with Gasteiger partial charge in [-0.25, -0.2) is 4.98 Å². The highest BCUT2D eigenvalue weighted by molar-refractivity contribution is 7.79. The van der Waals surface area contributed by atoms with E-state index in [1.165, 1.54) is 5.49 Å². The van der Waals surface area contributed by atoms with Gasteiger partial charge in [0.15, 0.2) is 5.82 Å². The van der Waals surface area contributed by atoms with Gasteiger partial charge >= 0.3 is 0 Å². The molecule has 1 N–H and O–H groups in total. The number of thiazole rings is 1. The maximum atomic E-state index is 4.84. The molecular weight excluding hydrogens is 276 g/mol. The van der Waals surface area contributed by atoms with Crippen molar-refractivity contribution in [2.75, 3.05) is 5.32 Å². The van der Waals surface area contributed by atoms with Crippen LogP contribution in [0.15, 0.2) is 29.6 Å². The second-order valence-electron chi connectivity index (χ2n) is 4.14. The number of anilines is 1. The zero-order chi connectivity index (χ0) is 13.2. The van der Waals surface area contributed by atoms with Crippen LogP contribution in [0.2, 0.25) is 0 Å². The van der Waals surface area contributed by atoms with Gasteiger partial charge in [-0.15, -0.1) is 11.3 Å². The lowest BCUT2D eigenvalue weighted by Crippen LogP contribution is -2.03. The Morgan fingerprint density at radius 2 is 2.26 bits per heavy atom. The highest BCUT2D eigenvalue weighted by atomic mass is 32.1. The molecular formula is C13H12N4S2. The second-order valence-corrected chi connectivity index (χ2v) is 5.44. The normalized spacial score (nSPS) is 10.8. The fourth-order valence-electron chi connectivity index (χ4n) is 2.04. The van der Waals surface area contributed by atoms with Crippen molar-refractivity contribution in [2.45, 2.75) is 13.5 Å². The number of aromatic nitrogens is 3. The van der Waals surface area contributed by atoms with Crippen molar-refractivity contribution < 1.29 is 0 Å². The molecule has 1 aromatic carbocycles. The molecule has 0 unspecified atom stereocenters. The van der Waals surface area contributed by atoms with Crippen LogP contribution >= 0.6 is 23.6 Å². The zero-order valence-corrected chi connectivity index (χ0v) is 12.0. The zero-order valence-electron chi connectivity index (χ0n) is 10.3. The first-order valence-electron chi connectivity index (χ1n) is 5.84. The molecule has 0 saturated heterocycles. The van der Waals surface area contributed by atoms with Gasteiger partial charge in [0.05, 0.1) is 28.3 Å². The van der Waals surface area contributed by atoms with Crippen molar-refractivity contribution in [3.05, 3.63) is 40.3 Å². The molecule has 4 nitrogen and oxygen atoms in total. The van der Waals surface area contributed by atoms with Crippen molar-refractivity contribution in [3.63, 3.8) is 0 Å². The van der Waals surface area contributed by atoms with Gasteiger partial charge in [-0.05, 0) is 19.1 Å². The minimum Gasteiger partial charge on any atom is -0.335 e. The minimum atomic E-state index is 0.671. The summed E-state index contributed by atoms with van der Waals surface area (Å²) in [7, 11) is 0. The standard InChI is InChI=1S/C13H12N4S2/c1-9-15-10(7-19-9)6-17-12-5-3-2-4-11(12)13(16-17)14-8-18/h2-5,7-8H,6H2,1H3,(H,14,16,18). The van der Waals surface area contributed by atoms with Gasteiger partial charge in [0.1, 0.15) is 0 Å². The summed E-state index contributed by atoms with van der Waals surface area (Å²) in [6.45, 7) is 2.68. The van der Waals surface area contributed by atoms with E-state index >= 15 is 0 Å². The Kier molecular flexibility index (Phi) is 3.27. The fourth-order valence-corrected chi connectivity index (χ4v) is 2.76. The molecule has 0 aliphatic carbocycles. The highest BCUT2D eigenvalue weighted by Gasteiger charge is 2.10. The monoisotopic (exact) mass is 288 g/mol. The minimum absolute atomic E-state index is 0.671. The summed E-state index contributed by atoms with van der Waals surface area (Å²) in [5, 5.41) is 11.8. The van der Waals surface area contributed by atoms with Gasteiger partial charge in [0.25, 0.3) is 0 Å². The Labute approximate surface area is 120 Å². The van der Waals surface area contributed by atoms with E-state index in [1.807, 2.05) is 29.8 Å². The molecule has 0 aliphatic heterocycles. The Morgan fingerprint density at radius 3 is 3.00 bits per heavy atom. The SMILES string of the molecule is Cc1nc(Cn2nc(NC=S)c3ccccc32)cs1. The lowest BCUT2D eigenvalue weighted by Gasteiger charge is -1.99. The van der Waals surface area contributed by atoms with Gasteiger partial charge in [-0.1, -0.05) is 24.4 Å². The first-order valence-corrected chi connectivity index (χ1v) is 7.20. The summed E-state index contributed by atoms with van der Waals surface area (Å²) in [6, 6.07) is 8.09. The number of aryl methyl sites for hydroxylation is 1. The van der Waals surface area contributed by atoms with E-state index in [4.69, 9.17) is 12.2 Å². The number of rotatable bonds is 4. The van der Waals surface area contributed by atoms with Crippen LogP contribution in [0.4, 0.5) is 5.82 Å². The fraction of sp³-hybridized carbons (Fsp3) is 0.154. The van der Waals surface area contributed by atoms with Crippen molar-refractivity contribution in [1.29, 1.82) is 0 Å². The third-order valence-electron chi connectivity index (χ3n) is 2.83. The van der Waals surface area contributed by atoms with Crippen LogP contribution in [0.5, 0.6) is 0 Å². The largest absolute Gasteiger partial charge is 0.335 e. The molecule has 0 saturated carbocycles. The first kappa shape index (κ1) is 12.3. The number of hydrogen-bond donors (Lipinski definition) is 1. The quantitative estimate of drug-likeness (QED) is 0.749. The van der Waals surface area contributed by atoms with Crippen LogP contribution in [0, 0.1) is 6.92 Å². The van der Waals surface area contributed by atoms with Crippen LogP contribution < -0.4 is 5.32 Å². The third-order valence-corrected chi connectivity index (χ3v) is 3.77. The Morgan fingerprint density at radius 1 is 1.42 bits per heavy atom. The Bertz CT molecular complexity index is 729. The van der Waals surface area contributed by atoms with Gasteiger partial charge in [-0.3, -0.25) is 4.68 Å². The lowest BCUT2D eigenvalue weighted by atomic mass is 10.2. The van der Waals surface area contributed by atoms with E-state index in [0.29, 0.717) is 6.54 Å². The van der Waals surface area contributed by atoms with Crippen LogP contribution in [-0.2, 0) is 6.54 Å². The van der Waals surface area contributed by atoms with Crippen molar-refractivity contribution in [1.82, 2.24) is 14.8 Å². The summed E-state index contributed by atoms with van der Waals surface area (Å²) in [4.78, 5) is 4.48. The van der Waals surface area contributed by atoms with Crippen LogP contribution in [0.25, 0.3) is 10.9 Å². The van der Waals surface area contributed by atoms with Crippen LogP contribution in [0.3, 0.4) is 0 Å². The van der Waals surface area contributed by atoms with Gasteiger partial charge in [-0.2, -0.15) is 5.10 Å². The molecule has 0 spiro atoms. The molecule has 19 heavy (non-hydrogen) atoms. The predicted octanol–water partition coefficient (Wildman–Crippen LogP) is 3.22. The molecule has 2 heterocycles. The number of benzene rings is 1. The predicted molar refractivity (Wildman–Crippen MR) is 83.0 cm³/mol. The van der Waals surface area contributed by atoms with Crippen molar-refractivity contribution >= 4 is 45.8 Å². The third kappa shape index (κ3) is 2.36. The maximum absolute atomic E-state index is 4.84.